The number of rotatable bonds is 5. The van der Waals surface area contributed by atoms with Crippen molar-refractivity contribution < 1.29 is 33.3 Å². The van der Waals surface area contributed by atoms with Crippen molar-refractivity contribution in [3.05, 3.63) is 47.5 Å². The molecule has 0 saturated carbocycles. The van der Waals surface area contributed by atoms with Crippen LogP contribution >= 0.6 is 0 Å². The van der Waals surface area contributed by atoms with Crippen molar-refractivity contribution in [3.63, 3.8) is 0 Å². The summed E-state index contributed by atoms with van der Waals surface area (Å²) in [7, 11) is 4.46. The molecule has 0 fully saturated rings. The number of hydrogen-bond acceptors (Lipinski definition) is 7. The summed E-state index contributed by atoms with van der Waals surface area (Å²) in [6.07, 6.45) is -0.158. The van der Waals surface area contributed by atoms with Crippen molar-refractivity contribution in [2.24, 2.45) is 0 Å². The van der Waals surface area contributed by atoms with Crippen LogP contribution in [0.5, 0.6) is 23.0 Å². The smallest absolute Gasteiger partial charge is 0.307 e. The van der Waals surface area contributed by atoms with Gasteiger partial charge in [-0.25, -0.2) is 0 Å². The molecule has 2 unspecified atom stereocenters. The fourth-order valence-electron chi connectivity index (χ4n) is 4.08. The van der Waals surface area contributed by atoms with Crippen LogP contribution in [0.15, 0.2) is 36.4 Å². The Morgan fingerprint density at radius 2 is 1.77 bits per heavy atom. The van der Waals surface area contributed by atoms with Gasteiger partial charge < -0.3 is 28.6 Å². The maximum absolute atomic E-state index is 13.4. The lowest BCUT2D eigenvalue weighted by Crippen LogP contribution is -2.50. The number of ether oxygens (including phenoxy) is 5. The van der Waals surface area contributed by atoms with Crippen LogP contribution in [0.2, 0.25) is 0 Å². The standard InChI is InChI=1S/C23H25NO7/c1-27-19-10-14-8-9-24(16(12-22(25)29-3)15(14)11-20(19)28-2)23(26)21-13-30-17-6-4-5-7-18(17)31-21/h4-7,10-11,16,21H,8-9,12-13H2,1-3H3. The lowest BCUT2D eigenvalue weighted by Gasteiger charge is -2.39. The summed E-state index contributed by atoms with van der Waals surface area (Å²) in [6.45, 7) is 0.542. The molecule has 31 heavy (non-hydrogen) atoms. The normalized spacial score (nSPS) is 19.3. The van der Waals surface area contributed by atoms with Crippen LogP contribution in [0.1, 0.15) is 23.6 Å². The number of amides is 1. The van der Waals surface area contributed by atoms with Crippen LogP contribution in [-0.2, 0) is 20.7 Å². The first-order valence-corrected chi connectivity index (χ1v) is 10.1. The second kappa shape index (κ2) is 8.75. The van der Waals surface area contributed by atoms with Gasteiger partial charge in [0.1, 0.15) is 6.61 Å². The lowest BCUT2D eigenvalue weighted by atomic mass is 9.89. The fraction of sp³-hybridized carbons (Fsp3) is 0.391. The number of fused-ring (bicyclic) bond motifs is 2. The van der Waals surface area contributed by atoms with E-state index >= 15 is 0 Å². The SMILES string of the molecule is COC(=O)CC1c2cc(OC)c(OC)cc2CCN1C(=O)C1COc2ccccc2O1. The molecule has 8 nitrogen and oxygen atoms in total. The van der Waals surface area contributed by atoms with Crippen LogP contribution in [0.4, 0.5) is 0 Å². The molecule has 0 saturated heterocycles. The van der Waals surface area contributed by atoms with Crippen molar-refractivity contribution >= 4 is 11.9 Å². The Kier molecular flexibility index (Phi) is 5.88. The number of methoxy groups -OCH3 is 3. The molecule has 0 aromatic heterocycles. The van der Waals surface area contributed by atoms with Gasteiger partial charge in [-0.15, -0.1) is 0 Å². The van der Waals surface area contributed by atoms with Gasteiger partial charge in [0.15, 0.2) is 23.0 Å². The Morgan fingerprint density at radius 3 is 2.48 bits per heavy atom. The second-order valence-electron chi connectivity index (χ2n) is 7.35. The molecule has 0 spiro atoms. The molecule has 164 valence electrons. The van der Waals surface area contributed by atoms with E-state index in [1.807, 2.05) is 24.3 Å². The molecule has 0 radical (unpaired) electrons. The van der Waals surface area contributed by atoms with E-state index in [0.717, 1.165) is 11.1 Å². The van der Waals surface area contributed by atoms with Crippen molar-refractivity contribution in [1.82, 2.24) is 4.90 Å². The van der Waals surface area contributed by atoms with Gasteiger partial charge in [-0.05, 0) is 41.8 Å². The summed E-state index contributed by atoms with van der Waals surface area (Å²) in [4.78, 5) is 27.3. The van der Waals surface area contributed by atoms with Crippen LogP contribution < -0.4 is 18.9 Å². The molecular formula is C23H25NO7. The summed E-state index contributed by atoms with van der Waals surface area (Å²) in [6, 6.07) is 10.5. The number of carbonyl (C=O) groups is 2. The highest BCUT2D eigenvalue weighted by Crippen LogP contribution is 2.40. The molecule has 4 rings (SSSR count). The highest BCUT2D eigenvalue weighted by molar-refractivity contribution is 5.84. The highest BCUT2D eigenvalue weighted by Gasteiger charge is 2.39. The van der Waals surface area contributed by atoms with Gasteiger partial charge >= 0.3 is 5.97 Å². The van der Waals surface area contributed by atoms with Crippen molar-refractivity contribution in [2.45, 2.75) is 25.0 Å². The first-order valence-electron chi connectivity index (χ1n) is 10.1. The van der Waals surface area contributed by atoms with Crippen molar-refractivity contribution in [1.29, 1.82) is 0 Å². The summed E-state index contributed by atoms with van der Waals surface area (Å²) >= 11 is 0. The molecule has 2 aliphatic heterocycles. The molecule has 0 N–H and O–H groups in total. The van der Waals surface area contributed by atoms with Gasteiger partial charge in [-0.2, -0.15) is 0 Å². The fourth-order valence-corrected chi connectivity index (χ4v) is 4.08. The number of nitrogens with zero attached hydrogens (tertiary/aromatic N) is 1. The Bertz CT molecular complexity index is 990. The molecule has 1 amide bonds. The van der Waals surface area contributed by atoms with Crippen molar-refractivity contribution in [2.75, 3.05) is 34.5 Å². The first-order chi connectivity index (χ1) is 15.0. The van der Waals surface area contributed by atoms with Crippen LogP contribution in [0, 0.1) is 0 Å². The maximum atomic E-state index is 13.4. The summed E-state index contributed by atoms with van der Waals surface area (Å²) < 4.78 is 27.4. The van der Waals surface area contributed by atoms with Crippen LogP contribution in [0.25, 0.3) is 0 Å². The van der Waals surface area contributed by atoms with Crippen molar-refractivity contribution in [3.8, 4) is 23.0 Å². The minimum Gasteiger partial charge on any atom is -0.493 e. The largest absolute Gasteiger partial charge is 0.493 e. The average Bonchev–Trinajstić information content (AvgIpc) is 2.82. The zero-order valence-electron chi connectivity index (χ0n) is 17.8. The quantitative estimate of drug-likeness (QED) is 0.678. The second-order valence-corrected chi connectivity index (χ2v) is 7.35. The zero-order chi connectivity index (χ0) is 22.0. The third kappa shape index (κ3) is 3.97. The molecular weight excluding hydrogens is 402 g/mol. The third-order valence-corrected chi connectivity index (χ3v) is 5.66. The van der Waals surface area contributed by atoms with Crippen LogP contribution in [0.3, 0.4) is 0 Å². The number of benzene rings is 2. The van der Waals surface area contributed by atoms with E-state index in [2.05, 4.69) is 0 Å². The molecule has 2 aromatic carbocycles. The highest BCUT2D eigenvalue weighted by atomic mass is 16.6. The Morgan fingerprint density at radius 1 is 1.06 bits per heavy atom. The third-order valence-electron chi connectivity index (χ3n) is 5.66. The van der Waals surface area contributed by atoms with E-state index in [1.165, 1.54) is 7.11 Å². The van der Waals surface area contributed by atoms with E-state index in [4.69, 9.17) is 23.7 Å². The number of esters is 1. The Hall–Kier alpha value is -3.42. The van der Waals surface area contributed by atoms with E-state index in [0.29, 0.717) is 36.0 Å². The number of para-hydroxylation sites is 2. The zero-order valence-corrected chi connectivity index (χ0v) is 17.8. The van der Waals surface area contributed by atoms with E-state index in [9.17, 15) is 9.59 Å². The lowest BCUT2D eigenvalue weighted by molar-refractivity contribution is -0.148. The van der Waals surface area contributed by atoms with Gasteiger partial charge in [0.2, 0.25) is 6.10 Å². The van der Waals surface area contributed by atoms with Gasteiger partial charge in [0.25, 0.3) is 5.91 Å². The maximum Gasteiger partial charge on any atom is 0.307 e. The topological polar surface area (TPSA) is 83.5 Å². The van der Waals surface area contributed by atoms with Gasteiger partial charge in [-0.3, -0.25) is 9.59 Å². The molecule has 2 aromatic rings. The molecule has 2 atom stereocenters. The predicted molar refractivity (Wildman–Crippen MR) is 111 cm³/mol. The van der Waals surface area contributed by atoms with Crippen LogP contribution in [-0.4, -0.2) is 57.4 Å². The minimum absolute atomic E-state index is 0.0227. The number of carbonyl (C=O) groups excluding carboxylic acids is 2. The van der Waals surface area contributed by atoms with E-state index in [1.54, 1.807) is 31.3 Å². The molecule has 8 heteroatoms. The summed E-state index contributed by atoms with van der Waals surface area (Å²) in [5, 5.41) is 0. The Labute approximate surface area is 180 Å². The molecule has 2 heterocycles. The summed E-state index contributed by atoms with van der Waals surface area (Å²) in [5.41, 5.74) is 1.83. The minimum atomic E-state index is -0.795. The summed E-state index contributed by atoms with van der Waals surface area (Å²) in [5.74, 6) is 1.65. The van der Waals surface area contributed by atoms with E-state index < -0.39 is 18.1 Å². The number of hydrogen-bond donors (Lipinski definition) is 0. The van der Waals surface area contributed by atoms with Gasteiger partial charge in [0.05, 0.1) is 33.8 Å². The average molecular weight is 427 g/mol. The van der Waals surface area contributed by atoms with Gasteiger partial charge in [-0.1, -0.05) is 12.1 Å². The monoisotopic (exact) mass is 427 g/mol. The predicted octanol–water partition coefficient (Wildman–Crippen LogP) is 2.53. The van der Waals surface area contributed by atoms with E-state index in [-0.39, 0.29) is 18.9 Å². The molecule has 0 bridgehead atoms. The molecule has 2 aliphatic rings. The Balaban J connectivity index is 1.65. The van der Waals surface area contributed by atoms with Gasteiger partial charge in [0, 0.05) is 6.54 Å². The first kappa shape index (κ1) is 20.8. The molecule has 0 aliphatic carbocycles.